The Balaban J connectivity index is 5.18. The van der Waals surface area contributed by atoms with E-state index in [-0.39, 0.29) is 25.7 Å². The Kier molecular flexibility index (Phi) is 69.6. The quantitative estimate of drug-likeness (QED) is 0.0222. The molecule has 0 aromatic heterocycles. The van der Waals surface area contributed by atoms with E-state index in [1.165, 1.54) is 238 Å². The first-order valence-corrected chi connectivity index (χ1v) is 43.6. The van der Waals surface area contributed by atoms with E-state index >= 15 is 0 Å². The van der Waals surface area contributed by atoms with Crippen LogP contribution in [0.4, 0.5) is 0 Å². The van der Waals surface area contributed by atoms with Crippen molar-refractivity contribution in [1.29, 1.82) is 0 Å². The van der Waals surface area contributed by atoms with Gasteiger partial charge in [0.25, 0.3) is 0 Å². The highest BCUT2D eigenvalue weighted by molar-refractivity contribution is 7.47. The van der Waals surface area contributed by atoms with Crippen LogP contribution in [0.25, 0.3) is 0 Å². The third-order valence-electron chi connectivity index (χ3n) is 18.3. The van der Waals surface area contributed by atoms with E-state index in [9.17, 15) is 43.2 Å². The standard InChI is InChI=1S/C78H152O17P2/c1-6-9-12-15-18-21-24-26-27-28-29-30-31-32-33-34-35-37-44-49-54-59-64-78(83)95-74(68-89-76(81)62-57-52-47-42-39-38-40-45-50-55-60-71(4)5)70-93-97(86,87)91-66-72(79)65-90-96(84,85)92-69-73(67-88-75(80)61-56-51-46-41-23-20-17-14-11-8-3)94-77(82)63-58-53-48-43-36-25-22-19-16-13-10-7-2/h71-74,79H,6-70H2,1-5H3,(H,84,85)(H,86,87)/t72-,73+,74+/m0/s1. The molecule has 2 unspecified atom stereocenters. The average Bonchev–Trinajstić information content (AvgIpc) is 2.50. The van der Waals surface area contributed by atoms with E-state index in [1.54, 1.807) is 0 Å². The van der Waals surface area contributed by atoms with Crippen LogP contribution in [0.1, 0.15) is 413 Å². The Labute approximate surface area is 594 Å². The van der Waals surface area contributed by atoms with Crippen molar-refractivity contribution in [3.63, 3.8) is 0 Å². The van der Waals surface area contributed by atoms with Gasteiger partial charge in [0, 0.05) is 25.7 Å². The first-order valence-electron chi connectivity index (χ1n) is 40.6. The number of ether oxygens (including phenoxy) is 4. The summed E-state index contributed by atoms with van der Waals surface area (Å²) < 4.78 is 68.5. The highest BCUT2D eigenvalue weighted by atomic mass is 31.2. The molecular formula is C78H152O17P2. The maximum absolute atomic E-state index is 13.1. The lowest BCUT2D eigenvalue weighted by Crippen LogP contribution is -2.30. The van der Waals surface area contributed by atoms with Crippen LogP contribution in [0.3, 0.4) is 0 Å². The summed E-state index contributed by atoms with van der Waals surface area (Å²) in [5.41, 5.74) is 0. The maximum Gasteiger partial charge on any atom is 0.472 e. The fourth-order valence-corrected chi connectivity index (χ4v) is 13.6. The van der Waals surface area contributed by atoms with Gasteiger partial charge in [-0.15, -0.1) is 0 Å². The molecule has 0 radical (unpaired) electrons. The molecule has 97 heavy (non-hydrogen) atoms. The zero-order valence-corrected chi connectivity index (χ0v) is 65.0. The zero-order valence-electron chi connectivity index (χ0n) is 63.2. The van der Waals surface area contributed by atoms with Crippen molar-refractivity contribution in [2.45, 2.75) is 432 Å². The number of carbonyl (C=O) groups excluding carboxylic acids is 4. The molecular weight excluding hydrogens is 1270 g/mol. The fourth-order valence-electron chi connectivity index (χ4n) is 12.1. The van der Waals surface area contributed by atoms with E-state index in [1.807, 2.05) is 0 Å². The Morgan fingerprint density at radius 2 is 0.474 bits per heavy atom. The van der Waals surface area contributed by atoms with Gasteiger partial charge in [0.15, 0.2) is 12.2 Å². The average molecular weight is 1420 g/mol. The van der Waals surface area contributed by atoms with Gasteiger partial charge in [0.1, 0.15) is 19.3 Å². The van der Waals surface area contributed by atoms with E-state index in [4.69, 9.17) is 37.0 Å². The number of phosphoric acid groups is 2. The number of carbonyl (C=O) groups is 4. The summed E-state index contributed by atoms with van der Waals surface area (Å²) >= 11 is 0. The highest BCUT2D eigenvalue weighted by Gasteiger charge is 2.30. The monoisotopic (exact) mass is 1420 g/mol. The second-order valence-corrected chi connectivity index (χ2v) is 31.5. The van der Waals surface area contributed by atoms with Crippen LogP contribution in [-0.2, 0) is 65.4 Å². The van der Waals surface area contributed by atoms with Gasteiger partial charge in [0.2, 0.25) is 0 Å². The number of rotatable bonds is 78. The Bertz CT molecular complexity index is 1860. The maximum atomic E-state index is 13.1. The topological polar surface area (TPSA) is 237 Å². The molecule has 19 heteroatoms. The molecule has 0 aliphatic carbocycles. The summed E-state index contributed by atoms with van der Waals surface area (Å²) in [6.45, 7) is 7.29. The van der Waals surface area contributed by atoms with Crippen LogP contribution in [0.15, 0.2) is 0 Å². The molecule has 0 rings (SSSR count). The van der Waals surface area contributed by atoms with Gasteiger partial charge in [-0.1, -0.05) is 362 Å². The van der Waals surface area contributed by atoms with Crippen molar-refractivity contribution in [2.24, 2.45) is 5.92 Å². The number of hydrogen-bond donors (Lipinski definition) is 3. The van der Waals surface area contributed by atoms with Crippen LogP contribution in [-0.4, -0.2) is 96.7 Å². The number of aliphatic hydroxyl groups excluding tert-OH is 1. The lowest BCUT2D eigenvalue weighted by molar-refractivity contribution is -0.161. The molecule has 17 nitrogen and oxygen atoms in total. The third-order valence-corrected chi connectivity index (χ3v) is 20.2. The van der Waals surface area contributed by atoms with Crippen molar-refractivity contribution in [3.05, 3.63) is 0 Å². The minimum Gasteiger partial charge on any atom is -0.462 e. The van der Waals surface area contributed by atoms with Gasteiger partial charge >= 0.3 is 39.5 Å². The minimum atomic E-state index is -4.96. The SMILES string of the molecule is CCCCCCCCCCCCCCCCCCCCCCCCC(=O)O[C@H](COC(=O)CCCCCCCCCCCCC(C)C)COP(=O)(O)OC[C@@H](O)COP(=O)(O)OC[C@@H](COC(=O)CCCCCCCCCCCC)OC(=O)CCCCCCCCCCCCCC. The molecule has 0 saturated heterocycles. The Morgan fingerprint density at radius 1 is 0.278 bits per heavy atom. The molecule has 0 fully saturated rings. The molecule has 0 aliphatic rings. The number of phosphoric ester groups is 2. The van der Waals surface area contributed by atoms with Crippen molar-refractivity contribution >= 4 is 39.5 Å². The molecule has 0 aromatic carbocycles. The second-order valence-electron chi connectivity index (χ2n) is 28.6. The minimum absolute atomic E-state index is 0.108. The van der Waals surface area contributed by atoms with E-state index in [0.29, 0.717) is 25.7 Å². The van der Waals surface area contributed by atoms with E-state index < -0.39 is 97.5 Å². The number of unbranched alkanes of at least 4 members (excludes halogenated alkanes) is 50. The molecule has 0 aromatic rings. The second kappa shape index (κ2) is 71.1. The molecule has 0 heterocycles. The van der Waals surface area contributed by atoms with E-state index in [2.05, 4.69) is 34.6 Å². The van der Waals surface area contributed by atoms with Crippen LogP contribution in [0.5, 0.6) is 0 Å². The zero-order chi connectivity index (χ0) is 71.2. The fraction of sp³-hybridized carbons (Fsp3) is 0.949. The van der Waals surface area contributed by atoms with Crippen molar-refractivity contribution < 1.29 is 80.2 Å². The number of esters is 4. The van der Waals surface area contributed by atoms with Crippen molar-refractivity contribution in [2.75, 3.05) is 39.6 Å². The Morgan fingerprint density at radius 3 is 0.701 bits per heavy atom. The van der Waals surface area contributed by atoms with Gasteiger partial charge < -0.3 is 33.8 Å². The molecule has 0 bridgehead atoms. The predicted molar refractivity (Wildman–Crippen MR) is 395 cm³/mol. The summed E-state index contributed by atoms with van der Waals surface area (Å²) in [4.78, 5) is 72.8. The summed E-state index contributed by atoms with van der Waals surface area (Å²) in [6.07, 6.45) is 61.1. The summed E-state index contributed by atoms with van der Waals surface area (Å²) in [6, 6.07) is 0. The van der Waals surface area contributed by atoms with Gasteiger partial charge in [-0.05, 0) is 31.6 Å². The molecule has 576 valence electrons. The lowest BCUT2D eigenvalue weighted by Gasteiger charge is -2.21. The largest absolute Gasteiger partial charge is 0.472 e. The van der Waals surface area contributed by atoms with E-state index in [0.717, 1.165) is 95.8 Å². The third kappa shape index (κ3) is 72.2. The van der Waals surface area contributed by atoms with Crippen LogP contribution >= 0.6 is 15.6 Å². The lowest BCUT2D eigenvalue weighted by atomic mass is 10.0. The summed E-state index contributed by atoms with van der Waals surface area (Å²) in [7, 11) is -9.91. The van der Waals surface area contributed by atoms with Gasteiger partial charge in [-0.3, -0.25) is 37.3 Å². The molecule has 0 spiro atoms. The Hall–Kier alpha value is -1.94. The molecule has 0 amide bonds. The summed E-state index contributed by atoms with van der Waals surface area (Å²) in [5, 5.41) is 10.6. The molecule has 0 saturated carbocycles. The molecule has 3 N–H and O–H groups in total. The first kappa shape index (κ1) is 95.1. The predicted octanol–water partition coefficient (Wildman–Crippen LogP) is 23.3. The smallest absolute Gasteiger partial charge is 0.462 e. The molecule has 5 atom stereocenters. The van der Waals surface area contributed by atoms with Crippen LogP contribution in [0.2, 0.25) is 0 Å². The van der Waals surface area contributed by atoms with Crippen LogP contribution < -0.4 is 0 Å². The van der Waals surface area contributed by atoms with Crippen molar-refractivity contribution in [3.8, 4) is 0 Å². The first-order chi connectivity index (χ1) is 47.0. The number of aliphatic hydroxyl groups is 1. The van der Waals surface area contributed by atoms with Crippen LogP contribution in [0, 0.1) is 5.92 Å². The molecule has 0 aliphatic heterocycles. The summed E-state index contributed by atoms with van der Waals surface area (Å²) in [5.74, 6) is -1.35. The van der Waals surface area contributed by atoms with Crippen molar-refractivity contribution in [1.82, 2.24) is 0 Å². The van der Waals surface area contributed by atoms with Gasteiger partial charge in [-0.2, -0.15) is 0 Å². The normalized spacial score (nSPS) is 13.9. The number of hydrogen-bond acceptors (Lipinski definition) is 15. The van der Waals surface area contributed by atoms with Gasteiger partial charge in [0.05, 0.1) is 26.4 Å². The highest BCUT2D eigenvalue weighted by Crippen LogP contribution is 2.45. The van der Waals surface area contributed by atoms with Gasteiger partial charge in [-0.25, -0.2) is 9.13 Å².